The highest BCUT2D eigenvalue weighted by Crippen LogP contribution is 2.33. The molecule has 1 N–H and O–H groups in total. The highest BCUT2D eigenvalue weighted by atomic mass is 16.5. The molecule has 2 aromatic rings. The number of hydrogen-bond donors (Lipinski definition) is 1. The lowest BCUT2D eigenvalue weighted by atomic mass is 10.1. The summed E-state index contributed by atoms with van der Waals surface area (Å²) in [5.74, 6) is 2.06. The zero-order chi connectivity index (χ0) is 16.5. The first-order valence-corrected chi connectivity index (χ1v) is 9.02. The van der Waals surface area contributed by atoms with E-state index in [1.807, 2.05) is 17.7 Å². The Morgan fingerprint density at radius 2 is 2.17 bits per heavy atom. The van der Waals surface area contributed by atoms with Crippen LogP contribution < -0.4 is 0 Å². The van der Waals surface area contributed by atoms with E-state index in [0.29, 0.717) is 18.9 Å². The van der Waals surface area contributed by atoms with Gasteiger partial charge in [0.2, 0.25) is 5.89 Å². The summed E-state index contributed by atoms with van der Waals surface area (Å²) in [6.07, 6.45) is 5.10. The summed E-state index contributed by atoms with van der Waals surface area (Å²) in [5, 5.41) is 18.6. The third-order valence-corrected chi connectivity index (χ3v) is 5.18. The minimum atomic E-state index is -0.470. The van der Waals surface area contributed by atoms with Crippen molar-refractivity contribution in [2.24, 2.45) is 0 Å². The molecule has 0 aromatic carbocycles. The zero-order valence-corrected chi connectivity index (χ0v) is 14.2. The first-order valence-electron chi connectivity index (χ1n) is 9.02. The Hall–Kier alpha value is -1.73. The SMILES string of the molecule is CC[C@@H](O)c1cc2n(n1)CCN(Cc1noc(C3CCCC3)n1)C2. The maximum Gasteiger partial charge on any atom is 0.229 e. The van der Waals surface area contributed by atoms with Crippen LogP contribution in [0.5, 0.6) is 0 Å². The molecule has 0 spiro atoms. The average Bonchev–Trinajstić information content (AvgIpc) is 3.33. The third-order valence-electron chi connectivity index (χ3n) is 5.18. The third kappa shape index (κ3) is 3.10. The molecule has 1 aliphatic carbocycles. The Balaban J connectivity index is 1.40. The molecule has 1 fully saturated rings. The molecule has 0 radical (unpaired) electrons. The van der Waals surface area contributed by atoms with Gasteiger partial charge in [0.1, 0.15) is 0 Å². The van der Waals surface area contributed by atoms with Crippen molar-refractivity contribution in [3.8, 4) is 0 Å². The molecule has 3 heterocycles. The summed E-state index contributed by atoms with van der Waals surface area (Å²) in [6.45, 7) is 5.21. The van der Waals surface area contributed by atoms with Crippen LogP contribution in [0.25, 0.3) is 0 Å². The monoisotopic (exact) mass is 331 g/mol. The van der Waals surface area contributed by atoms with Gasteiger partial charge in [0, 0.05) is 19.0 Å². The molecular formula is C17H25N5O2. The Kier molecular flexibility index (Phi) is 4.37. The topological polar surface area (TPSA) is 80.2 Å². The van der Waals surface area contributed by atoms with Crippen LogP contribution in [0.4, 0.5) is 0 Å². The molecule has 2 aliphatic rings. The Morgan fingerprint density at radius 3 is 2.96 bits per heavy atom. The lowest BCUT2D eigenvalue weighted by Crippen LogP contribution is -2.33. The van der Waals surface area contributed by atoms with Gasteiger partial charge in [-0.3, -0.25) is 9.58 Å². The molecule has 0 amide bonds. The van der Waals surface area contributed by atoms with Crippen LogP contribution in [0.3, 0.4) is 0 Å². The van der Waals surface area contributed by atoms with Gasteiger partial charge in [0.15, 0.2) is 5.82 Å². The fourth-order valence-electron chi connectivity index (χ4n) is 3.72. The molecule has 1 atom stereocenters. The molecule has 24 heavy (non-hydrogen) atoms. The number of aliphatic hydroxyl groups excluding tert-OH is 1. The van der Waals surface area contributed by atoms with Crippen molar-refractivity contribution in [2.75, 3.05) is 6.54 Å². The maximum atomic E-state index is 9.96. The van der Waals surface area contributed by atoms with E-state index in [9.17, 15) is 5.11 Å². The highest BCUT2D eigenvalue weighted by molar-refractivity contribution is 5.14. The summed E-state index contributed by atoms with van der Waals surface area (Å²) >= 11 is 0. The molecular weight excluding hydrogens is 306 g/mol. The van der Waals surface area contributed by atoms with E-state index in [4.69, 9.17) is 4.52 Å². The van der Waals surface area contributed by atoms with E-state index in [1.54, 1.807) is 0 Å². The van der Waals surface area contributed by atoms with E-state index >= 15 is 0 Å². The van der Waals surface area contributed by atoms with Crippen LogP contribution >= 0.6 is 0 Å². The van der Waals surface area contributed by atoms with Crippen LogP contribution in [0.1, 0.15) is 74.2 Å². The first kappa shape index (κ1) is 15.8. The summed E-state index contributed by atoms with van der Waals surface area (Å²) in [7, 11) is 0. The van der Waals surface area contributed by atoms with Crippen molar-refractivity contribution in [3.05, 3.63) is 29.2 Å². The van der Waals surface area contributed by atoms with Crippen molar-refractivity contribution in [1.29, 1.82) is 0 Å². The standard InChI is InChI=1S/C17H25N5O2/c1-2-15(23)14-9-13-10-21(7-8-22(13)19-14)11-16-18-17(24-20-16)12-5-3-4-6-12/h9,12,15,23H,2-8,10-11H2,1H3/t15-/m1/s1. The van der Waals surface area contributed by atoms with E-state index in [2.05, 4.69) is 20.1 Å². The fourth-order valence-corrected chi connectivity index (χ4v) is 3.72. The number of rotatable bonds is 5. The molecule has 1 saturated carbocycles. The second-order valence-corrected chi connectivity index (χ2v) is 6.95. The normalized spacial score (nSPS) is 20.4. The van der Waals surface area contributed by atoms with Gasteiger partial charge < -0.3 is 9.63 Å². The highest BCUT2D eigenvalue weighted by Gasteiger charge is 2.25. The maximum absolute atomic E-state index is 9.96. The lowest BCUT2D eigenvalue weighted by molar-refractivity contribution is 0.166. The summed E-state index contributed by atoms with van der Waals surface area (Å²) in [5.41, 5.74) is 1.92. The van der Waals surface area contributed by atoms with Gasteiger partial charge >= 0.3 is 0 Å². The van der Waals surface area contributed by atoms with Crippen molar-refractivity contribution >= 4 is 0 Å². The smallest absolute Gasteiger partial charge is 0.229 e. The summed E-state index contributed by atoms with van der Waals surface area (Å²) in [6, 6.07) is 2.01. The summed E-state index contributed by atoms with van der Waals surface area (Å²) < 4.78 is 7.48. The van der Waals surface area contributed by atoms with Gasteiger partial charge in [-0.2, -0.15) is 10.1 Å². The first-order chi connectivity index (χ1) is 11.7. The fraction of sp³-hybridized carbons (Fsp3) is 0.706. The molecule has 1 aliphatic heterocycles. The van der Waals surface area contributed by atoms with E-state index in [1.165, 1.54) is 25.7 Å². The van der Waals surface area contributed by atoms with Gasteiger partial charge in [0.25, 0.3) is 0 Å². The van der Waals surface area contributed by atoms with Gasteiger partial charge in [-0.15, -0.1) is 0 Å². The molecule has 7 nitrogen and oxygen atoms in total. The minimum absolute atomic E-state index is 0.465. The number of fused-ring (bicyclic) bond motifs is 1. The van der Waals surface area contributed by atoms with E-state index in [-0.39, 0.29) is 0 Å². The number of aliphatic hydroxyl groups is 1. The van der Waals surface area contributed by atoms with E-state index in [0.717, 1.165) is 42.7 Å². The Morgan fingerprint density at radius 1 is 1.33 bits per heavy atom. The lowest BCUT2D eigenvalue weighted by Gasteiger charge is -2.26. The summed E-state index contributed by atoms with van der Waals surface area (Å²) in [4.78, 5) is 6.92. The molecule has 7 heteroatoms. The number of aromatic nitrogens is 4. The molecule has 2 aromatic heterocycles. The molecule has 0 saturated heterocycles. The molecule has 0 bridgehead atoms. The van der Waals surface area contributed by atoms with Crippen molar-refractivity contribution < 1.29 is 9.63 Å². The Bertz CT molecular complexity index is 689. The van der Waals surface area contributed by atoms with Gasteiger partial charge in [-0.25, -0.2) is 0 Å². The van der Waals surface area contributed by atoms with Crippen molar-refractivity contribution in [1.82, 2.24) is 24.8 Å². The van der Waals surface area contributed by atoms with Crippen LogP contribution in [0.2, 0.25) is 0 Å². The second kappa shape index (κ2) is 6.64. The van der Waals surface area contributed by atoms with Gasteiger partial charge in [0.05, 0.1) is 30.6 Å². The van der Waals surface area contributed by atoms with Gasteiger partial charge in [-0.1, -0.05) is 24.9 Å². The average molecular weight is 331 g/mol. The largest absolute Gasteiger partial charge is 0.387 e. The number of hydrogen-bond acceptors (Lipinski definition) is 6. The number of nitrogens with zero attached hydrogens (tertiary/aromatic N) is 5. The van der Waals surface area contributed by atoms with Crippen LogP contribution in [0, 0.1) is 0 Å². The minimum Gasteiger partial charge on any atom is -0.387 e. The van der Waals surface area contributed by atoms with Crippen molar-refractivity contribution in [3.63, 3.8) is 0 Å². The van der Waals surface area contributed by atoms with Crippen molar-refractivity contribution in [2.45, 2.75) is 70.7 Å². The molecule has 4 rings (SSSR count). The molecule has 0 unspecified atom stereocenters. The predicted octanol–water partition coefficient (Wildman–Crippen LogP) is 2.38. The predicted molar refractivity (Wildman–Crippen MR) is 87.1 cm³/mol. The molecule has 130 valence electrons. The second-order valence-electron chi connectivity index (χ2n) is 6.95. The zero-order valence-electron chi connectivity index (χ0n) is 14.2. The van der Waals surface area contributed by atoms with Gasteiger partial charge in [-0.05, 0) is 25.3 Å². The van der Waals surface area contributed by atoms with E-state index < -0.39 is 6.10 Å². The van der Waals surface area contributed by atoms with Crippen LogP contribution in [-0.4, -0.2) is 36.5 Å². The Labute approximate surface area is 141 Å². The van der Waals surface area contributed by atoms with Crippen LogP contribution in [0.15, 0.2) is 10.6 Å². The quantitative estimate of drug-likeness (QED) is 0.906. The van der Waals surface area contributed by atoms with Crippen LogP contribution in [-0.2, 0) is 19.6 Å².